The maximum atomic E-state index is 12.6. The number of rotatable bonds is 10. The zero-order valence-electron chi connectivity index (χ0n) is 24.8. The van der Waals surface area contributed by atoms with E-state index in [-0.39, 0.29) is 12.0 Å². The molecule has 45 heavy (non-hydrogen) atoms. The number of ether oxygens (including phenoxy) is 1. The molecule has 0 aliphatic heterocycles. The van der Waals surface area contributed by atoms with Gasteiger partial charge in [0, 0.05) is 35.5 Å². The quantitative estimate of drug-likeness (QED) is 0.188. The number of nitrogens with zero attached hydrogens (tertiary/aromatic N) is 2. The number of alkyl halides is 3. The Morgan fingerprint density at radius 1 is 0.867 bits per heavy atom. The standard InChI is InChI=1S/C35H34F3N3O4/c1-2-22-3-7-24(8-4-22)25-11-13-26(14-12-25)29-20-39-32(40-21-29)27-9-5-23(6-10-27)19-31(34(43)44)41-33(42)28-15-17-30(18-16-28)45-35(36,37)38/h5-6,9-18,20-22,24,31H,2-4,7-8,19H2,1H3,(H,41,42)(H,43,44)/t22-,24-,31-/m0/s1. The second-order valence-electron chi connectivity index (χ2n) is 11.4. The SMILES string of the molecule is CC[C@H]1CC[C@H](c2ccc(-c3cnc(-c4ccc(C[C@H](NC(=O)c5ccc(OC(F)(F)F)cc5)C(=O)O)cc4)nc3)cc2)CC1. The van der Waals surface area contributed by atoms with Crippen molar-refractivity contribution in [1.29, 1.82) is 0 Å². The summed E-state index contributed by atoms with van der Waals surface area (Å²) in [6.45, 7) is 2.28. The molecule has 0 radical (unpaired) electrons. The predicted molar refractivity (Wildman–Crippen MR) is 164 cm³/mol. The molecule has 0 unspecified atom stereocenters. The summed E-state index contributed by atoms with van der Waals surface area (Å²) in [6, 6.07) is 18.7. The number of aromatic nitrogens is 2. The molecule has 1 aromatic heterocycles. The van der Waals surface area contributed by atoms with E-state index in [0.717, 1.165) is 46.9 Å². The number of carboxylic acids is 1. The molecule has 1 fully saturated rings. The highest BCUT2D eigenvalue weighted by Crippen LogP contribution is 2.37. The van der Waals surface area contributed by atoms with Gasteiger partial charge in [0.25, 0.3) is 5.91 Å². The molecule has 1 atom stereocenters. The van der Waals surface area contributed by atoms with E-state index < -0.39 is 30.0 Å². The van der Waals surface area contributed by atoms with Crippen LogP contribution in [-0.4, -0.2) is 39.4 Å². The number of hydrogen-bond acceptors (Lipinski definition) is 5. The molecule has 1 heterocycles. The first kappa shape index (κ1) is 31.7. The highest BCUT2D eigenvalue weighted by atomic mass is 19.4. The Kier molecular flexibility index (Phi) is 9.80. The van der Waals surface area contributed by atoms with E-state index in [4.69, 9.17) is 0 Å². The molecule has 0 saturated heterocycles. The fourth-order valence-corrected chi connectivity index (χ4v) is 5.75. The minimum absolute atomic E-state index is 0.00279. The van der Waals surface area contributed by atoms with Crippen molar-refractivity contribution in [2.75, 3.05) is 0 Å². The molecule has 1 amide bonds. The summed E-state index contributed by atoms with van der Waals surface area (Å²) >= 11 is 0. The first-order valence-corrected chi connectivity index (χ1v) is 15.0. The first-order chi connectivity index (χ1) is 21.6. The maximum Gasteiger partial charge on any atom is 0.573 e. The molecule has 3 aromatic carbocycles. The van der Waals surface area contributed by atoms with Crippen LogP contribution in [0, 0.1) is 5.92 Å². The zero-order chi connectivity index (χ0) is 32.0. The van der Waals surface area contributed by atoms with Gasteiger partial charge in [0.1, 0.15) is 11.8 Å². The summed E-state index contributed by atoms with van der Waals surface area (Å²) in [5, 5.41) is 12.1. The number of hydrogen-bond donors (Lipinski definition) is 2. The van der Waals surface area contributed by atoms with Crippen LogP contribution in [0.2, 0.25) is 0 Å². The second kappa shape index (κ2) is 13.9. The average molecular weight is 618 g/mol. The number of carboxylic acid groups (broad SMARTS) is 1. The summed E-state index contributed by atoms with van der Waals surface area (Å²) in [5.74, 6) is -0.445. The lowest BCUT2D eigenvalue weighted by Gasteiger charge is -2.28. The van der Waals surface area contributed by atoms with E-state index in [1.165, 1.54) is 37.7 Å². The van der Waals surface area contributed by atoms with Crippen molar-refractivity contribution in [2.24, 2.45) is 5.92 Å². The van der Waals surface area contributed by atoms with Crippen molar-refractivity contribution < 1.29 is 32.6 Å². The van der Waals surface area contributed by atoms with Gasteiger partial charge in [0.15, 0.2) is 5.82 Å². The summed E-state index contributed by atoms with van der Waals surface area (Å²) in [5.41, 5.74) is 4.76. The van der Waals surface area contributed by atoms with Crippen LogP contribution in [0.4, 0.5) is 13.2 Å². The Morgan fingerprint density at radius 3 is 2.02 bits per heavy atom. The summed E-state index contributed by atoms with van der Waals surface area (Å²) in [7, 11) is 0. The number of nitrogens with one attached hydrogen (secondary N) is 1. The van der Waals surface area contributed by atoms with E-state index in [2.05, 4.69) is 51.2 Å². The van der Waals surface area contributed by atoms with Crippen molar-refractivity contribution in [3.05, 3.63) is 102 Å². The zero-order valence-corrected chi connectivity index (χ0v) is 24.8. The van der Waals surface area contributed by atoms with Crippen LogP contribution in [0.5, 0.6) is 5.75 Å². The van der Waals surface area contributed by atoms with Gasteiger partial charge in [-0.2, -0.15) is 0 Å². The lowest BCUT2D eigenvalue weighted by molar-refractivity contribution is -0.274. The lowest BCUT2D eigenvalue weighted by atomic mass is 9.78. The van der Waals surface area contributed by atoms with Crippen LogP contribution < -0.4 is 10.1 Å². The number of amides is 1. The van der Waals surface area contributed by atoms with Crippen molar-refractivity contribution in [2.45, 2.75) is 63.8 Å². The van der Waals surface area contributed by atoms with E-state index in [0.29, 0.717) is 17.3 Å². The Morgan fingerprint density at radius 2 is 1.47 bits per heavy atom. The molecule has 1 saturated carbocycles. The minimum atomic E-state index is -4.86. The van der Waals surface area contributed by atoms with Crippen LogP contribution in [0.3, 0.4) is 0 Å². The van der Waals surface area contributed by atoms with Gasteiger partial charge >= 0.3 is 12.3 Å². The summed E-state index contributed by atoms with van der Waals surface area (Å²) in [6.07, 6.45) is 5.09. The molecule has 0 spiro atoms. The number of carbonyl (C=O) groups excluding carboxylic acids is 1. The molecule has 1 aliphatic carbocycles. The number of halogens is 3. The van der Waals surface area contributed by atoms with Crippen molar-refractivity contribution in [3.8, 4) is 28.3 Å². The Balaban J connectivity index is 1.18. The van der Waals surface area contributed by atoms with Crippen LogP contribution >= 0.6 is 0 Å². The van der Waals surface area contributed by atoms with Gasteiger partial charge in [-0.1, -0.05) is 61.9 Å². The van der Waals surface area contributed by atoms with E-state index >= 15 is 0 Å². The molecule has 0 bridgehead atoms. The molecule has 7 nitrogen and oxygen atoms in total. The number of aliphatic carboxylic acids is 1. The third kappa shape index (κ3) is 8.47. The molecular formula is C35H34F3N3O4. The third-order valence-electron chi connectivity index (χ3n) is 8.40. The third-order valence-corrected chi connectivity index (χ3v) is 8.40. The fraction of sp³-hybridized carbons (Fsp3) is 0.314. The normalized spacial score (nSPS) is 17.3. The summed E-state index contributed by atoms with van der Waals surface area (Å²) < 4.78 is 40.9. The fourth-order valence-electron chi connectivity index (χ4n) is 5.75. The van der Waals surface area contributed by atoms with Crippen LogP contribution in [0.15, 0.2) is 85.2 Å². The number of carbonyl (C=O) groups is 2. The molecule has 4 aromatic rings. The molecule has 234 valence electrons. The minimum Gasteiger partial charge on any atom is -0.480 e. The van der Waals surface area contributed by atoms with Gasteiger partial charge in [0.2, 0.25) is 0 Å². The number of benzene rings is 3. The predicted octanol–water partition coefficient (Wildman–Crippen LogP) is 7.82. The van der Waals surface area contributed by atoms with Crippen LogP contribution in [0.1, 0.15) is 66.4 Å². The smallest absolute Gasteiger partial charge is 0.480 e. The largest absolute Gasteiger partial charge is 0.573 e. The second-order valence-corrected chi connectivity index (χ2v) is 11.4. The van der Waals surface area contributed by atoms with Crippen molar-refractivity contribution in [1.82, 2.24) is 15.3 Å². The van der Waals surface area contributed by atoms with Gasteiger partial charge in [-0.25, -0.2) is 14.8 Å². The van der Waals surface area contributed by atoms with E-state index in [9.17, 15) is 27.9 Å². The summed E-state index contributed by atoms with van der Waals surface area (Å²) in [4.78, 5) is 33.5. The van der Waals surface area contributed by atoms with Gasteiger partial charge in [0.05, 0.1) is 0 Å². The topological polar surface area (TPSA) is 101 Å². The van der Waals surface area contributed by atoms with Gasteiger partial charge in [-0.15, -0.1) is 13.2 Å². The Labute approximate surface area is 259 Å². The Bertz CT molecular complexity index is 1580. The average Bonchev–Trinajstić information content (AvgIpc) is 3.04. The van der Waals surface area contributed by atoms with Gasteiger partial charge < -0.3 is 15.2 Å². The molecular weight excluding hydrogens is 583 g/mol. The molecule has 5 rings (SSSR count). The molecule has 1 aliphatic rings. The van der Waals surface area contributed by atoms with Crippen LogP contribution in [-0.2, 0) is 11.2 Å². The molecule has 2 N–H and O–H groups in total. The Hall–Kier alpha value is -4.73. The van der Waals surface area contributed by atoms with E-state index in [1.807, 2.05) is 0 Å². The van der Waals surface area contributed by atoms with Gasteiger partial charge in [-0.3, -0.25) is 4.79 Å². The lowest BCUT2D eigenvalue weighted by Crippen LogP contribution is -2.42. The highest BCUT2D eigenvalue weighted by Gasteiger charge is 2.31. The highest BCUT2D eigenvalue weighted by molar-refractivity contribution is 5.96. The van der Waals surface area contributed by atoms with Gasteiger partial charge in [-0.05, 0) is 78.5 Å². The molecule has 10 heteroatoms. The maximum absolute atomic E-state index is 12.6. The first-order valence-electron chi connectivity index (χ1n) is 15.0. The van der Waals surface area contributed by atoms with Crippen molar-refractivity contribution >= 4 is 11.9 Å². The monoisotopic (exact) mass is 617 g/mol. The van der Waals surface area contributed by atoms with E-state index in [1.54, 1.807) is 36.7 Å². The van der Waals surface area contributed by atoms with Crippen molar-refractivity contribution in [3.63, 3.8) is 0 Å². The van der Waals surface area contributed by atoms with Crippen LogP contribution in [0.25, 0.3) is 22.5 Å².